The van der Waals surface area contributed by atoms with Crippen molar-refractivity contribution in [2.45, 2.75) is 18.9 Å². The quantitative estimate of drug-likeness (QED) is 0.697. The summed E-state index contributed by atoms with van der Waals surface area (Å²) in [5, 5.41) is 11.4. The Bertz CT molecular complexity index is 422. The number of carbonyl (C=O) groups is 2. The molecule has 18 heavy (non-hydrogen) atoms. The van der Waals surface area contributed by atoms with Crippen LogP contribution in [-0.2, 0) is 16.0 Å². The van der Waals surface area contributed by atoms with Gasteiger partial charge in [-0.3, -0.25) is 4.79 Å². The summed E-state index contributed by atoms with van der Waals surface area (Å²) in [5.41, 5.74) is 0.839. The predicted molar refractivity (Wildman–Crippen MR) is 75.9 cm³/mol. The van der Waals surface area contributed by atoms with Crippen molar-refractivity contribution in [3.8, 4) is 0 Å². The van der Waals surface area contributed by atoms with Gasteiger partial charge in [0, 0.05) is 4.47 Å². The summed E-state index contributed by atoms with van der Waals surface area (Å²) in [4.78, 5) is 22.5. The maximum Gasteiger partial charge on any atom is 0.326 e. The zero-order chi connectivity index (χ0) is 13.5. The summed E-state index contributed by atoms with van der Waals surface area (Å²) in [6.07, 6.45) is 0.480. The molecular weight excluding hydrogens is 318 g/mol. The Morgan fingerprint density at radius 1 is 1.33 bits per heavy atom. The molecule has 2 N–H and O–H groups in total. The van der Waals surface area contributed by atoms with Gasteiger partial charge in [0.1, 0.15) is 6.04 Å². The minimum Gasteiger partial charge on any atom is -0.480 e. The Balaban J connectivity index is 2.54. The lowest BCUT2D eigenvalue weighted by Crippen LogP contribution is -2.41. The SMILES string of the molecule is O=C(Cc1ccc(Br)cc1)NC(CCS)C(=O)O. The normalized spacial score (nSPS) is 11.9. The molecule has 0 saturated heterocycles. The van der Waals surface area contributed by atoms with Gasteiger partial charge in [0.2, 0.25) is 5.91 Å². The Morgan fingerprint density at radius 2 is 1.94 bits per heavy atom. The monoisotopic (exact) mass is 331 g/mol. The number of aliphatic carboxylic acids is 1. The van der Waals surface area contributed by atoms with E-state index in [4.69, 9.17) is 5.11 Å². The van der Waals surface area contributed by atoms with Crippen LogP contribution in [0.1, 0.15) is 12.0 Å². The van der Waals surface area contributed by atoms with Crippen LogP contribution in [0.15, 0.2) is 28.7 Å². The standard InChI is InChI=1S/C12H14BrNO3S/c13-9-3-1-8(2-4-9)7-11(15)14-10(5-6-18)12(16)17/h1-4,10,18H,5-7H2,(H,14,15)(H,16,17). The fraction of sp³-hybridized carbons (Fsp3) is 0.333. The molecule has 1 rings (SSSR count). The zero-order valence-electron chi connectivity index (χ0n) is 9.60. The van der Waals surface area contributed by atoms with Crippen LogP contribution in [0, 0.1) is 0 Å². The third-order valence-corrected chi connectivity index (χ3v) is 3.12. The number of hydrogen-bond donors (Lipinski definition) is 3. The second-order valence-corrected chi connectivity index (χ2v) is 5.14. The summed E-state index contributed by atoms with van der Waals surface area (Å²) >= 11 is 7.27. The molecule has 1 aromatic rings. The van der Waals surface area contributed by atoms with Gasteiger partial charge in [0.05, 0.1) is 6.42 Å². The van der Waals surface area contributed by atoms with E-state index < -0.39 is 12.0 Å². The lowest BCUT2D eigenvalue weighted by molar-refractivity contribution is -0.141. The number of rotatable bonds is 6. The highest BCUT2D eigenvalue weighted by atomic mass is 79.9. The van der Waals surface area contributed by atoms with Gasteiger partial charge in [-0.25, -0.2) is 4.79 Å². The first-order valence-electron chi connectivity index (χ1n) is 5.40. The lowest BCUT2D eigenvalue weighted by atomic mass is 10.1. The van der Waals surface area contributed by atoms with E-state index in [2.05, 4.69) is 33.9 Å². The third-order valence-electron chi connectivity index (χ3n) is 2.33. The average Bonchev–Trinajstić information content (AvgIpc) is 2.31. The summed E-state index contributed by atoms with van der Waals surface area (Å²) in [6.45, 7) is 0. The maximum absolute atomic E-state index is 11.7. The van der Waals surface area contributed by atoms with Crippen LogP contribution < -0.4 is 5.32 Å². The second-order valence-electron chi connectivity index (χ2n) is 3.77. The fourth-order valence-electron chi connectivity index (χ4n) is 1.42. The lowest BCUT2D eigenvalue weighted by Gasteiger charge is -2.13. The van der Waals surface area contributed by atoms with Gasteiger partial charge < -0.3 is 10.4 Å². The van der Waals surface area contributed by atoms with Crippen LogP contribution in [0.25, 0.3) is 0 Å². The molecule has 1 unspecified atom stereocenters. The second kappa shape index (κ2) is 7.43. The highest BCUT2D eigenvalue weighted by molar-refractivity contribution is 9.10. The van der Waals surface area contributed by atoms with Gasteiger partial charge in [-0.05, 0) is 29.9 Å². The number of carboxylic acids is 1. The van der Waals surface area contributed by atoms with Crippen LogP contribution in [0.5, 0.6) is 0 Å². The number of nitrogens with one attached hydrogen (secondary N) is 1. The van der Waals surface area contributed by atoms with Crippen molar-refractivity contribution in [1.29, 1.82) is 0 Å². The molecule has 0 aliphatic rings. The minimum absolute atomic E-state index is 0.170. The number of carbonyl (C=O) groups excluding carboxylic acids is 1. The van der Waals surface area contributed by atoms with Gasteiger partial charge in [0.15, 0.2) is 0 Å². The number of amides is 1. The summed E-state index contributed by atoms with van der Waals surface area (Å²) < 4.78 is 0.935. The van der Waals surface area contributed by atoms with Crippen molar-refractivity contribution in [3.63, 3.8) is 0 Å². The van der Waals surface area contributed by atoms with E-state index in [1.165, 1.54) is 0 Å². The molecular formula is C12H14BrNO3S. The summed E-state index contributed by atoms with van der Waals surface area (Å²) in [5.74, 6) is -0.921. The predicted octanol–water partition coefficient (Wildman–Crippen LogP) is 1.88. The maximum atomic E-state index is 11.7. The minimum atomic E-state index is -1.03. The molecule has 0 aromatic heterocycles. The van der Waals surface area contributed by atoms with Crippen molar-refractivity contribution >= 4 is 40.4 Å². The first-order valence-corrected chi connectivity index (χ1v) is 6.83. The van der Waals surface area contributed by atoms with E-state index in [0.717, 1.165) is 10.0 Å². The van der Waals surface area contributed by atoms with Gasteiger partial charge in [0.25, 0.3) is 0 Å². The molecule has 0 heterocycles. The summed E-state index contributed by atoms with van der Waals surface area (Å²) in [6, 6.07) is 6.44. The zero-order valence-corrected chi connectivity index (χ0v) is 12.1. The Labute approximate surface area is 119 Å². The van der Waals surface area contributed by atoms with Gasteiger partial charge >= 0.3 is 5.97 Å². The first kappa shape index (κ1) is 15.0. The summed E-state index contributed by atoms with van der Waals surface area (Å²) in [7, 11) is 0. The molecule has 0 spiro atoms. The van der Waals surface area contributed by atoms with Crippen LogP contribution in [-0.4, -0.2) is 28.8 Å². The van der Waals surface area contributed by atoms with Crippen molar-refractivity contribution in [1.82, 2.24) is 5.32 Å². The van der Waals surface area contributed by atoms with Crippen molar-refractivity contribution in [3.05, 3.63) is 34.3 Å². The molecule has 6 heteroatoms. The van der Waals surface area contributed by atoms with Crippen molar-refractivity contribution < 1.29 is 14.7 Å². The average molecular weight is 332 g/mol. The van der Waals surface area contributed by atoms with Crippen molar-refractivity contribution in [2.75, 3.05) is 5.75 Å². The molecule has 0 bridgehead atoms. The van der Waals surface area contributed by atoms with Gasteiger partial charge in [-0.2, -0.15) is 12.6 Å². The van der Waals surface area contributed by atoms with E-state index in [9.17, 15) is 9.59 Å². The molecule has 0 saturated carbocycles. The Hall–Kier alpha value is -1.01. The van der Waals surface area contributed by atoms with Crippen LogP contribution in [0.2, 0.25) is 0 Å². The van der Waals surface area contributed by atoms with E-state index in [1.54, 1.807) is 0 Å². The number of benzene rings is 1. The molecule has 4 nitrogen and oxygen atoms in total. The Morgan fingerprint density at radius 3 is 2.44 bits per heavy atom. The van der Waals surface area contributed by atoms with E-state index in [-0.39, 0.29) is 12.3 Å². The molecule has 0 radical (unpaired) electrons. The topological polar surface area (TPSA) is 66.4 Å². The molecule has 0 aliphatic heterocycles. The van der Waals surface area contributed by atoms with Gasteiger partial charge in [-0.1, -0.05) is 28.1 Å². The number of thiol groups is 1. The molecule has 0 aliphatic carbocycles. The molecule has 0 fully saturated rings. The first-order chi connectivity index (χ1) is 8.52. The molecule has 1 aromatic carbocycles. The van der Waals surface area contributed by atoms with E-state index >= 15 is 0 Å². The molecule has 98 valence electrons. The highest BCUT2D eigenvalue weighted by Crippen LogP contribution is 2.11. The van der Waals surface area contributed by atoms with Crippen molar-refractivity contribution in [2.24, 2.45) is 0 Å². The van der Waals surface area contributed by atoms with E-state index in [1.807, 2.05) is 24.3 Å². The smallest absolute Gasteiger partial charge is 0.326 e. The fourth-order valence-corrected chi connectivity index (χ4v) is 1.94. The highest BCUT2D eigenvalue weighted by Gasteiger charge is 2.18. The van der Waals surface area contributed by atoms with Crippen LogP contribution in [0.4, 0.5) is 0 Å². The number of carboxylic acid groups (broad SMARTS) is 1. The molecule has 1 atom stereocenters. The largest absolute Gasteiger partial charge is 0.480 e. The van der Waals surface area contributed by atoms with Crippen LogP contribution in [0.3, 0.4) is 0 Å². The van der Waals surface area contributed by atoms with E-state index in [0.29, 0.717) is 12.2 Å². The molecule has 1 amide bonds. The third kappa shape index (κ3) is 5.10. The van der Waals surface area contributed by atoms with Gasteiger partial charge in [-0.15, -0.1) is 0 Å². The number of hydrogen-bond acceptors (Lipinski definition) is 3. The number of halogens is 1. The van der Waals surface area contributed by atoms with Crippen LogP contribution >= 0.6 is 28.6 Å². The Kier molecular flexibility index (Phi) is 6.21.